The lowest BCUT2D eigenvalue weighted by atomic mass is 10.2. The summed E-state index contributed by atoms with van der Waals surface area (Å²) in [4.78, 5) is 16.8. The highest BCUT2D eigenvalue weighted by molar-refractivity contribution is 7.99. The maximum Gasteiger partial charge on any atom is 0.197 e. The van der Waals surface area contributed by atoms with Crippen molar-refractivity contribution < 1.29 is 0 Å². The third-order valence-electron chi connectivity index (χ3n) is 6.18. The Kier molecular flexibility index (Phi) is 3.81. The van der Waals surface area contributed by atoms with Gasteiger partial charge in [0, 0.05) is 40.2 Å². The van der Waals surface area contributed by atoms with Gasteiger partial charge >= 0.3 is 0 Å². The van der Waals surface area contributed by atoms with E-state index in [2.05, 4.69) is 19.7 Å². The lowest BCUT2D eigenvalue weighted by Gasteiger charge is -2.10. The molecule has 0 aromatic carbocycles. The van der Waals surface area contributed by atoms with Crippen LogP contribution in [-0.2, 0) is 12.8 Å². The van der Waals surface area contributed by atoms with Gasteiger partial charge in [-0.15, -0.1) is 21.5 Å². The van der Waals surface area contributed by atoms with E-state index in [-0.39, 0.29) is 0 Å². The van der Waals surface area contributed by atoms with Crippen LogP contribution in [0.1, 0.15) is 60.3 Å². The normalized spacial score (nSPS) is 18.3. The molecule has 0 aliphatic heterocycles. The number of aryl methyl sites for hydroxylation is 2. The Bertz CT molecular complexity index is 1270. The van der Waals surface area contributed by atoms with Gasteiger partial charge in [-0.05, 0) is 74.4 Å². The number of aromatic nitrogens is 6. The number of nitrogens with zero attached hydrogens (tertiary/aromatic N) is 6. The molecule has 4 heterocycles. The molecule has 7 rings (SSSR count). The molecule has 3 aliphatic carbocycles. The third-order valence-corrected chi connectivity index (χ3v) is 8.32. The highest BCUT2D eigenvalue weighted by Gasteiger charge is 2.37. The second-order valence-electron chi connectivity index (χ2n) is 8.45. The molecule has 0 radical (unpaired) electrons. The van der Waals surface area contributed by atoms with E-state index in [1.807, 2.05) is 29.7 Å². The van der Waals surface area contributed by atoms with Crippen LogP contribution in [0.2, 0.25) is 0 Å². The number of hydrogen-bond acceptors (Lipinski definition) is 7. The van der Waals surface area contributed by atoms with Crippen LogP contribution in [0, 0.1) is 0 Å². The molecule has 2 fully saturated rings. The lowest BCUT2D eigenvalue weighted by molar-refractivity contribution is 0.626. The van der Waals surface area contributed by atoms with Crippen molar-refractivity contribution in [2.24, 2.45) is 0 Å². The van der Waals surface area contributed by atoms with Crippen molar-refractivity contribution in [1.82, 2.24) is 29.7 Å². The predicted molar refractivity (Wildman–Crippen MR) is 117 cm³/mol. The van der Waals surface area contributed by atoms with E-state index in [1.165, 1.54) is 53.8 Å². The molecule has 150 valence electrons. The molecule has 0 N–H and O–H groups in total. The molecular weight excluding hydrogens is 412 g/mol. The molecule has 2 saturated carbocycles. The van der Waals surface area contributed by atoms with Gasteiger partial charge in [-0.3, -0.25) is 4.98 Å². The van der Waals surface area contributed by atoms with Crippen molar-refractivity contribution in [2.75, 3.05) is 0 Å². The number of thiophene rings is 1. The minimum atomic E-state index is 0.571. The molecule has 8 heteroatoms. The summed E-state index contributed by atoms with van der Waals surface area (Å²) in [5.41, 5.74) is 2.41. The average Bonchev–Trinajstić information content (AvgIpc) is 3.67. The molecule has 3 aliphatic rings. The first-order chi connectivity index (χ1) is 14.8. The highest BCUT2D eigenvalue weighted by atomic mass is 32.2. The molecule has 4 aromatic rings. The molecule has 0 unspecified atom stereocenters. The van der Waals surface area contributed by atoms with Gasteiger partial charge in [-0.25, -0.2) is 9.97 Å². The number of fused-ring (bicyclic) bond motifs is 3. The van der Waals surface area contributed by atoms with E-state index in [1.54, 1.807) is 18.0 Å². The van der Waals surface area contributed by atoms with Crippen LogP contribution < -0.4 is 0 Å². The Morgan fingerprint density at radius 2 is 2.00 bits per heavy atom. The van der Waals surface area contributed by atoms with Gasteiger partial charge in [0.25, 0.3) is 0 Å². The Morgan fingerprint density at radius 3 is 2.80 bits per heavy atom. The van der Waals surface area contributed by atoms with Crippen molar-refractivity contribution in [2.45, 2.75) is 67.1 Å². The fourth-order valence-electron chi connectivity index (χ4n) is 4.40. The summed E-state index contributed by atoms with van der Waals surface area (Å²) in [6.45, 7) is 0. The smallest absolute Gasteiger partial charge is 0.197 e. The second-order valence-corrected chi connectivity index (χ2v) is 10.5. The topological polar surface area (TPSA) is 69.4 Å². The zero-order valence-corrected chi connectivity index (χ0v) is 18.0. The van der Waals surface area contributed by atoms with Crippen molar-refractivity contribution >= 4 is 33.3 Å². The molecule has 4 aromatic heterocycles. The quantitative estimate of drug-likeness (QED) is 0.404. The Labute approximate surface area is 182 Å². The molecule has 30 heavy (non-hydrogen) atoms. The van der Waals surface area contributed by atoms with Gasteiger partial charge in [0.2, 0.25) is 0 Å². The summed E-state index contributed by atoms with van der Waals surface area (Å²) in [5, 5.41) is 12.5. The number of hydrogen-bond donors (Lipinski definition) is 0. The summed E-state index contributed by atoms with van der Waals surface area (Å²) >= 11 is 3.52. The summed E-state index contributed by atoms with van der Waals surface area (Å²) in [7, 11) is 0. The molecule has 0 bridgehead atoms. The SMILES string of the molecule is c1cncc(-c2nc(Sc3nnc(C4CC4)n3C3CC3)c3c4c(sc3n2)CCC4)c1. The summed E-state index contributed by atoms with van der Waals surface area (Å²) in [6, 6.07) is 4.54. The Balaban J connectivity index is 1.39. The van der Waals surface area contributed by atoms with Crippen molar-refractivity contribution in [3.8, 4) is 11.4 Å². The molecule has 0 atom stereocenters. The van der Waals surface area contributed by atoms with Crippen LogP contribution >= 0.6 is 23.1 Å². The summed E-state index contributed by atoms with van der Waals surface area (Å²) < 4.78 is 2.41. The van der Waals surface area contributed by atoms with Gasteiger partial charge < -0.3 is 4.57 Å². The molecule has 0 spiro atoms. The zero-order valence-electron chi connectivity index (χ0n) is 16.4. The van der Waals surface area contributed by atoms with Crippen LogP contribution in [0.25, 0.3) is 21.6 Å². The third kappa shape index (κ3) is 2.80. The Morgan fingerprint density at radius 1 is 1.07 bits per heavy atom. The van der Waals surface area contributed by atoms with E-state index in [0.717, 1.165) is 39.2 Å². The van der Waals surface area contributed by atoms with Gasteiger partial charge in [0.1, 0.15) is 15.7 Å². The first-order valence-electron chi connectivity index (χ1n) is 10.7. The standard InChI is InChI=1S/C22H20N6S2/c1-4-15-16(5-1)29-20-17(15)21(25-18(24-20)13-3-2-10-23-11-13)30-22-27-26-19(12-6-7-12)28(22)14-8-9-14/h2-3,10-12,14H,1,4-9H2. The highest BCUT2D eigenvalue weighted by Crippen LogP contribution is 2.48. The van der Waals surface area contributed by atoms with E-state index in [4.69, 9.17) is 9.97 Å². The first kappa shape index (κ1) is 17.4. The molecule has 0 saturated heterocycles. The van der Waals surface area contributed by atoms with Crippen molar-refractivity contribution in [1.29, 1.82) is 0 Å². The van der Waals surface area contributed by atoms with Crippen LogP contribution in [0.3, 0.4) is 0 Å². The van der Waals surface area contributed by atoms with Crippen LogP contribution in [-0.4, -0.2) is 29.7 Å². The predicted octanol–water partition coefficient (Wildman–Crippen LogP) is 5.20. The van der Waals surface area contributed by atoms with Crippen LogP contribution in [0.4, 0.5) is 0 Å². The average molecular weight is 433 g/mol. The fourth-order valence-corrected chi connectivity index (χ4v) is 6.78. The van der Waals surface area contributed by atoms with E-state index < -0.39 is 0 Å². The van der Waals surface area contributed by atoms with E-state index >= 15 is 0 Å². The second kappa shape index (κ2) is 6.59. The monoisotopic (exact) mass is 432 g/mol. The largest absolute Gasteiger partial charge is 0.302 e. The minimum Gasteiger partial charge on any atom is -0.302 e. The van der Waals surface area contributed by atoms with Crippen molar-refractivity contribution in [3.05, 3.63) is 40.8 Å². The maximum atomic E-state index is 5.04. The fraction of sp³-hybridized carbons (Fsp3) is 0.409. The van der Waals surface area contributed by atoms with E-state index in [0.29, 0.717) is 12.0 Å². The van der Waals surface area contributed by atoms with Gasteiger partial charge in [-0.1, -0.05) is 0 Å². The van der Waals surface area contributed by atoms with Crippen molar-refractivity contribution in [3.63, 3.8) is 0 Å². The summed E-state index contributed by atoms with van der Waals surface area (Å²) in [5.74, 6) is 2.54. The molecule has 6 nitrogen and oxygen atoms in total. The first-order valence-corrected chi connectivity index (χ1v) is 12.3. The number of pyridine rings is 1. The molecular formula is C22H20N6S2. The Hall–Kier alpha value is -2.32. The summed E-state index contributed by atoms with van der Waals surface area (Å²) in [6.07, 6.45) is 12.1. The lowest BCUT2D eigenvalue weighted by Crippen LogP contribution is -2.02. The zero-order chi connectivity index (χ0) is 19.7. The van der Waals surface area contributed by atoms with E-state index in [9.17, 15) is 0 Å². The van der Waals surface area contributed by atoms with Gasteiger partial charge in [-0.2, -0.15) is 0 Å². The van der Waals surface area contributed by atoms with Crippen LogP contribution in [0.15, 0.2) is 34.7 Å². The minimum absolute atomic E-state index is 0.571. The number of rotatable bonds is 5. The maximum absolute atomic E-state index is 5.04. The van der Waals surface area contributed by atoms with Crippen LogP contribution in [0.5, 0.6) is 0 Å². The van der Waals surface area contributed by atoms with Gasteiger partial charge in [0.15, 0.2) is 11.0 Å². The molecule has 0 amide bonds. The van der Waals surface area contributed by atoms with Gasteiger partial charge in [0.05, 0.1) is 0 Å².